The molecule has 0 bridgehead atoms. The molecule has 9 nitrogen and oxygen atoms in total. The number of amides is 1. The van der Waals surface area contributed by atoms with Crippen molar-refractivity contribution < 1.29 is 48.6 Å². The van der Waals surface area contributed by atoms with Crippen molar-refractivity contribution >= 4 is 44.2 Å². The van der Waals surface area contributed by atoms with Gasteiger partial charge in [-0.25, -0.2) is 4.39 Å². The van der Waals surface area contributed by atoms with E-state index in [9.17, 15) is 33.3 Å². The van der Waals surface area contributed by atoms with Crippen molar-refractivity contribution in [2.24, 2.45) is 0 Å². The third-order valence-corrected chi connectivity index (χ3v) is 8.31. The molecule has 0 aliphatic heterocycles. The normalized spacial score (nSPS) is 13.5. The number of thioether (sulfide) groups is 1. The smallest absolute Gasteiger partial charge is 0.344 e. The fraction of sp³-hybridized carbons (Fsp3) is 0.300. The Balaban J connectivity index is 1.76. The van der Waals surface area contributed by atoms with Gasteiger partial charge in [-0.3, -0.25) is 4.79 Å². The van der Waals surface area contributed by atoms with Crippen LogP contribution in [0.15, 0.2) is 83.4 Å². The van der Waals surface area contributed by atoms with Crippen LogP contribution in [0.4, 0.5) is 18.9 Å². The molecule has 0 heterocycles. The average molecular weight is 689 g/mol. The summed E-state index contributed by atoms with van der Waals surface area (Å²) >= 11 is 6.10. The van der Waals surface area contributed by atoms with Gasteiger partial charge in [-0.2, -0.15) is 8.78 Å². The van der Waals surface area contributed by atoms with Crippen LogP contribution in [0, 0.1) is 0 Å². The van der Waals surface area contributed by atoms with E-state index in [1.165, 1.54) is 63.8 Å². The van der Waals surface area contributed by atoms with E-state index in [-0.39, 0.29) is 45.8 Å². The molecule has 3 aromatic carbocycles. The number of carbonyl (C=O) groups excluding carboxylic acids is 1. The topological polar surface area (TPSA) is 154 Å². The number of benzene rings is 3. The molecule has 1 amide bonds. The Morgan fingerprint density at radius 1 is 1.04 bits per heavy atom. The molecule has 3 aromatic rings. The maximum Gasteiger partial charge on any atom is 0.344 e. The molecule has 0 aliphatic carbocycles. The maximum absolute atomic E-state index is 14.3. The fourth-order valence-corrected chi connectivity index (χ4v) is 5.53. The third kappa shape index (κ3) is 9.65. The van der Waals surface area contributed by atoms with Crippen molar-refractivity contribution in [3.8, 4) is 0 Å². The molecular formula is C30H33ClF3N2O7PS. The minimum absolute atomic E-state index is 0.0587. The predicted octanol–water partition coefficient (Wildman–Crippen LogP) is 4.01. The molecule has 0 aliphatic rings. The highest BCUT2D eigenvalue weighted by atomic mass is 35.5. The van der Waals surface area contributed by atoms with Gasteiger partial charge in [-0.15, -0.1) is 0 Å². The number of aliphatic hydroxyl groups excluding tert-OH is 1. The minimum atomic E-state index is -3.79. The Morgan fingerprint density at radius 3 is 2.18 bits per heavy atom. The summed E-state index contributed by atoms with van der Waals surface area (Å²) in [6.45, 7) is 0.404. The summed E-state index contributed by atoms with van der Waals surface area (Å²) in [5, 5.41) is 55.9. The molecule has 0 saturated heterocycles. The first-order valence-electron chi connectivity index (χ1n) is 13.4. The summed E-state index contributed by atoms with van der Waals surface area (Å²) in [6, 6.07) is 15.1. The van der Waals surface area contributed by atoms with Crippen molar-refractivity contribution in [2.45, 2.75) is 41.0 Å². The van der Waals surface area contributed by atoms with Gasteiger partial charge in [-0.1, -0.05) is 56.9 Å². The van der Waals surface area contributed by atoms with Gasteiger partial charge in [0.05, 0.1) is 19.2 Å². The first kappa shape index (κ1) is 36.8. The minimum Gasteiger partial charge on any atom is -0.394 e. The largest absolute Gasteiger partial charge is 0.394 e. The van der Waals surface area contributed by atoms with Gasteiger partial charge in [0.15, 0.2) is 0 Å². The number of aliphatic hydroxyl groups is 6. The van der Waals surface area contributed by atoms with E-state index in [2.05, 4.69) is 5.32 Å². The van der Waals surface area contributed by atoms with E-state index >= 15 is 0 Å². The summed E-state index contributed by atoms with van der Waals surface area (Å²) in [5.74, 6) is -4.34. The van der Waals surface area contributed by atoms with E-state index in [1.807, 2.05) is 0 Å². The molecule has 0 spiro atoms. The molecule has 7 N–H and O–H groups in total. The van der Waals surface area contributed by atoms with E-state index in [0.29, 0.717) is 22.5 Å². The second-order valence-electron chi connectivity index (χ2n) is 9.89. The third-order valence-electron chi connectivity index (χ3n) is 6.70. The number of allylic oxidation sites excluding steroid dienone is 2. The van der Waals surface area contributed by atoms with Crippen LogP contribution in [0.5, 0.6) is 0 Å². The van der Waals surface area contributed by atoms with E-state index in [0.717, 1.165) is 0 Å². The summed E-state index contributed by atoms with van der Waals surface area (Å²) < 4.78 is 42.2. The highest BCUT2D eigenvalue weighted by Gasteiger charge is 2.47. The van der Waals surface area contributed by atoms with Gasteiger partial charge in [0.1, 0.15) is 6.67 Å². The summed E-state index contributed by atoms with van der Waals surface area (Å²) in [6.07, 6.45) is 1.75. The number of carbonyl (C=O) groups is 1. The Morgan fingerprint density at radius 2 is 1.67 bits per heavy atom. The van der Waals surface area contributed by atoms with Crippen LogP contribution >= 0.6 is 32.6 Å². The fourth-order valence-electron chi connectivity index (χ4n) is 4.35. The van der Waals surface area contributed by atoms with Crippen LogP contribution in [-0.4, -0.2) is 67.5 Å². The monoisotopic (exact) mass is 688 g/mol. The maximum atomic E-state index is 14.3. The number of nitrogens with one attached hydrogen (secondary N) is 1. The lowest BCUT2D eigenvalue weighted by Gasteiger charge is -2.29. The number of nitrogens with zero attached hydrogens (tertiary/aromatic N) is 1. The van der Waals surface area contributed by atoms with Gasteiger partial charge in [0.2, 0.25) is 0 Å². The SMILES string of the molecule is C/C=C(/Cc1ccc(Cl)cc1C(F)(F)P)N(CCF)c1ccc(C(=O)NC(CO)c2ccc(SC(O)(O)C(O)(O)O)cc2)cc1. The van der Waals surface area contributed by atoms with Crippen LogP contribution in [0.1, 0.15) is 40.0 Å². The standard InChI is InChI=1S/C30H33ClF3N2O7PS/c1-2-22(15-20-3-8-21(31)16-25(20)28(33,34)44)36(14-13-32)23-9-4-19(5-10-23)27(38)35-26(17-37)18-6-11-24(12-7-18)45-30(42,43)29(39,40)41/h2-12,16,26,37,39-43H,13-15,17,44H2,1H3,(H,35,38)/b22-2-. The second kappa shape index (κ2) is 15.3. The zero-order chi connectivity index (χ0) is 33.6. The van der Waals surface area contributed by atoms with Crippen LogP contribution < -0.4 is 10.2 Å². The van der Waals surface area contributed by atoms with Crippen LogP contribution in [0.2, 0.25) is 5.02 Å². The van der Waals surface area contributed by atoms with Crippen molar-refractivity contribution in [1.29, 1.82) is 0 Å². The number of hydrogen-bond acceptors (Lipinski definition) is 9. The lowest BCUT2D eigenvalue weighted by molar-refractivity contribution is -0.411. The van der Waals surface area contributed by atoms with Crippen molar-refractivity contribution in [1.82, 2.24) is 5.32 Å². The Bertz CT molecular complexity index is 1480. The molecule has 0 fully saturated rings. The molecule has 0 aromatic heterocycles. The zero-order valence-electron chi connectivity index (χ0n) is 23.9. The lowest BCUT2D eigenvalue weighted by Crippen LogP contribution is -2.51. The summed E-state index contributed by atoms with van der Waals surface area (Å²) in [5.41, 5.74) is -1.49. The first-order valence-corrected chi connectivity index (χ1v) is 15.1. The Labute approximate surface area is 269 Å². The van der Waals surface area contributed by atoms with Gasteiger partial charge < -0.3 is 40.9 Å². The Hall–Kier alpha value is -2.71. The van der Waals surface area contributed by atoms with Crippen LogP contribution in [0.25, 0.3) is 0 Å². The van der Waals surface area contributed by atoms with Gasteiger partial charge in [-0.05, 0) is 66.6 Å². The number of rotatable bonds is 14. The number of anilines is 1. The highest BCUT2D eigenvalue weighted by molar-refractivity contribution is 8.00. The number of alkyl halides is 3. The quantitative estimate of drug-likeness (QED) is 0.0757. The number of hydrogen-bond donors (Lipinski definition) is 7. The molecule has 15 heteroatoms. The van der Waals surface area contributed by atoms with Gasteiger partial charge in [0, 0.05) is 38.9 Å². The first-order chi connectivity index (χ1) is 21.0. The zero-order valence-corrected chi connectivity index (χ0v) is 26.6. The molecule has 45 heavy (non-hydrogen) atoms. The summed E-state index contributed by atoms with van der Waals surface area (Å²) in [4.78, 5) is 14.8. The second-order valence-corrected chi connectivity index (χ2v) is 12.3. The molecule has 0 saturated carbocycles. The summed E-state index contributed by atoms with van der Waals surface area (Å²) in [7, 11) is 1.50. The van der Waals surface area contributed by atoms with E-state index in [1.54, 1.807) is 30.0 Å². The van der Waals surface area contributed by atoms with Crippen molar-refractivity contribution in [3.05, 3.63) is 106 Å². The lowest BCUT2D eigenvalue weighted by atomic mass is 10.0. The highest BCUT2D eigenvalue weighted by Crippen LogP contribution is 2.39. The average Bonchev–Trinajstić information content (AvgIpc) is 2.97. The van der Waals surface area contributed by atoms with Crippen molar-refractivity contribution in [2.75, 3.05) is 24.7 Å². The van der Waals surface area contributed by atoms with Crippen molar-refractivity contribution in [3.63, 3.8) is 0 Å². The van der Waals surface area contributed by atoms with Gasteiger partial charge >= 0.3 is 11.1 Å². The molecule has 3 rings (SSSR count). The van der Waals surface area contributed by atoms with Gasteiger partial charge in [0.25, 0.3) is 11.6 Å². The molecule has 2 unspecified atom stereocenters. The molecule has 2 atom stereocenters. The Kier molecular flexibility index (Phi) is 12.5. The van der Waals surface area contributed by atoms with E-state index in [4.69, 9.17) is 26.9 Å². The molecular weight excluding hydrogens is 656 g/mol. The van der Waals surface area contributed by atoms with Crippen LogP contribution in [0.3, 0.4) is 0 Å². The molecule has 244 valence electrons. The molecule has 0 radical (unpaired) electrons. The number of halogens is 4. The predicted molar refractivity (Wildman–Crippen MR) is 168 cm³/mol. The van der Waals surface area contributed by atoms with E-state index < -0.39 is 42.0 Å². The van der Waals surface area contributed by atoms with Crippen LogP contribution in [-0.2, 0) is 12.1 Å².